The van der Waals surface area contributed by atoms with Gasteiger partial charge < -0.3 is 19.3 Å². The summed E-state index contributed by atoms with van der Waals surface area (Å²) in [5.41, 5.74) is 1.66. The zero-order chi connectivity index (χ0) is 26.2. The molecule has 0 spiro atoms. The van der Waals surface area contributed by atoms with Crippen molar-refractivity contribution < 1.29 is 19.4 Å². The Morgan fingerprint density at radius 3 is 2.68 bits per heavy atom. The highest BCUT2D eigenvalue weighted by Gasteiger charge is 2.42. The Balaban J connectivity index is 1.61. The molecule has 7 nitrogen and oxygen atoms in total. The summed E-state index contributed by atoms with van der Waals surface area (Å²) in [6.45, 7) is 5.88. The first kappa shape index (κ1) is 25.9. The van der Waals surface area contributed by atoms with E-state index in [4.69, 9.17) is 4.74 Å². The lowest BCUT2D eigenvalue weighted by Gasteiger charge is -2.27. The minimum Gasteiger partial charge on any atom is -0.503 e. The topological polar surface area (TPSA) is 84.7 Å². The van der Waals surface area contributed by atoms with Crippen LogP contribution in [0.1, 0.15) is 43.9 Å². The zero-order valence-corrected chi connectivity index (χ0v) is 21.3. The second-order valence-corrected chi connectivity index (χ2v) is 9.53. The van der Waals surface area contributed by atoms with Gasteiger partial charge in [-0.05, 0) is 48.1 Å². The van der Waals surface area contributed by atoms with Crippen LogP contribution in [0.4, 0.5) is 0 Å². The lowest BCUT2D eigenvalue weighted by molar-refractivity contribution is -0.129. The minimum atomic E-state index is -0.711. The number of ether oxygens (including phenoxy) is 1. The molecule has 2 heterocycles. The number of rotatable bonds is 12. The van der Waals surface area contributed by atoms with Crippen LogP contribution in [0.15, 0.2) is 90.7 Å². The number of aliphatic hydroxyl groups is 1. The molecular formula is C30H33N3O4. The van der Waals surface area contributed by atoms with E-state index in [1.165, 1.54) is 6.08 Å². The molecule has 0 saturated heterocycles. The van der Waals surface area contributed by atoms with E-state index < -0.39 is 23.5 Å². The Morgan fingerprint density at radius 2 is 1.95 bits per heavy atom. The van der Waals surface area contributed by atoms with E-state index in [0.29, 0.717) is 37.8 Å². The number of carbonyl (C=O) groups excluding carboxylic acids is 2. The summed E-state index contributed by atoms with van der Waals surface area (Å²) in [4.78, 5) is 32.2. The van der Waals surface area contributed by atoms with Crippen molar-refractivity contribution in [3.63, 3.8) is 0 Å². The zero-order valence-electron chi connectivity index (χ0n) is 21.3. The molecule has 0 aliphatic carbocycles. The van der Waals surface area contributed by atoms with Crippen molar-refractivity contribution in [2.75, 3.05) is 13.2 Å². The predicted molar refractivity (Wildman–Crippen MR) is 143 cm³/mol. The van der Waals surface area contributed by atoms with Gasteiger partial charge in [-0.1, -0.05) is 62.4 Å². The van der Waals surface area contributed by atoms with E-state index in [-0.39, 0.29) is 5.57 Å². The number of imidazole rings is 1. The fraction of sp³-hybridized carbons (Fsp3) is 0.300. The van der Waals surface area contributed by atoms with E-state index in [2.05, 4.69) is 18.8 Å². The van der Waals surface area contributed by atoms with Crippen LogP contribution in [0.5, 0.6) is 5.75 Å². The van der Waals surface area contributed by atoms with Crippen molar-refractivity contribution in [3.05, 3.63) is 102 Å². The molecule has 1 aliphatic rings. The van der Waals surface area contributed by atoms with Crippen molar-refractivity contribution in [1.29, 1.82) is 0 Å². The van der Waals surface area contributed by atoms with Gasteiger partial charge in [-0.3, -0.25) is 9.59 Å². The molecule has 192 valence electrons. The number of aryl methyl sites for hydroxylation is 1. The number of aromatic nitrogens is 2. The van der Waals surface area contributed by atoms with E-state index in [1.807, 2.05) is 65.4 Å². The number of nitrogens with zero attached hydrogens (tertiary/aromatic N) is 3. The van der Waals surface area contributed by atoms with Crippen LogP contribution < -0.4 is 4.74 Å². The number of ketones is 1. The fourth-order valence-corrected chi connectivity index (χ4v) is 4.34. The molecule has 0 fully saturated rings. The number of allylic oxidation sites excluding steroid dienone is 1. The molecule has 1 N–H and O–H groups in total. The molecule has 1 aliphatic heterocycles. The van der Waals surface area contributed by atoms with Crippen LogP contribution in [0.25, 0.3) is 6.08 Å². The summed E-state index contributed by atoms with van der Waals surface area (Å²) in [5.74, 6) is -0.258. The second-order valence-electron chi connectivity index (χ2n) is 9.53. The highest BCUT2D eigenvalue weighted by atomic mass is 16.5. The highest BCUT2D eigenvalue weighted by Crippen LogP contribution is 2.39. The Hall–Kier alpha value is -4.13. The van der Waals surface area contributed by atoms with E-state index in [1.54, 1.807) is 23.5 Å². The monoisotopic (exact) mass is 499 g/mol. The normalized spacial score (nSPS) is 15.8. The molecule has 0 radical (unpaired) electrons. The van der Waals surface area contributed by atoms with Crippen molar-refractivity contribution in [3.8, 4) is 5.75 Å². The quantitative estimate of drug-likeness (QED) is 0.339. The SMILES string of the molecule is CC(C)CCOc1cccc(C2C(C(=O)C=Cc3ccccc3)=C(O)C(=O)N2CCCn2ccnc2)c1. The van der Waals surface area contributed by atoms with Crippen LogP contribution in [-0.4, -0.2) is 44.4 Å². The molecule has 2 aromatic carbocycles. The molecule has 7 heteroatoms. The summed E-state index contributed by atoms with van der Waals surface area (Å²) >= 11 is 0. The van der Waals surface area contributed by atoms with Crippen LogP contribution >= 0.6 is 0 Å². The number of hydrogen-bond acceptors (Lipinski definition) is 5. The first-order valence-electron chi connectivity index (χ1n) is 12.6. The Labute approximate surface area is 217 Å². The van der Waals surface area contributed by atoms with E-state index >= 15 is 0 Å². The van der Waals surface area contributed by atoms with Crippen LogP contribution in [0.3, 0.4) is 0 Å². The highest BCUT2D eigenvalue weighted by molar-refractivity contribution is 6.14. The smallest absolute Gasteiger partial charge is 0.290 e. The maximum absolute atomic E-state index is 13.4. The maximum Gasteiger partial charge on any atom is 0.290 e. The van der Waals surface area contributed by atoms with E-state index in [0.717, 1.165) is 17.5 Å². The number of benzene rings is 2. The van der Waals surface area contributed by atoms with Crippen molar-refractivity contribution in [1.82, 2.24) is 14.5 Å². The molecule has 37 heavy (non-hydrogen) atoms. The van der Waals surface area contributed by atoms with Crippen LogP contribution in [-0.2, 0) is 16.1 Å². The van der Waals surface area contributed by atoms with Gasteiger partial charge in [0.25, 0.3) is 5.91 Å². The average Bonchev–Trinajstić information content (AvgIpc) is 3.50. The van der Waals surface area contributed by atoms with Gasteiger partial charge in [0.15, 0.2) is 11.5 Å². The first-order chi connectivity index (χ1) is 17.9. The summed E-state index contributed by atoms with van der Waals surface area (Å²) < 4.78 is 7.88. The number of aliphatic hydroxyl groups excluding tert-OH is 1. The average molecular weight is 500 g/mol. The van der Waals surface area contributed by atoms with Gasteiger partial charge in [0.05, 0.1) is 24.5 Å². The molecule has 1 unspecified atom stereocenters. The van der Waals surface area contributed by atoms with Gasteiger partial charge in [0.1, 0.15) is 5.75 Å². The van der Waals surface area contributed by atoms with Crippen LogP contribution in [0, 0.1) is 5.92 Å². The third-order valence-corrected chi connectivity index (χ3v) is 6.31. The summed E-state index contributed by atoms with van der Waals surface area (Å²) in [5, 5.41) is 10.9. The molecule has 0 saturated carbocycles. The van der Waals surface area contributed by atoms with Gasteiger partial charge in [-0.15, -0.1) is 0 Å². The van der Waals surface area contributed by atoms with Gasteiger partial charge in [0, 0.05) is 25.5 Å². The first-order valence-corrected chi connectivity index (χ1v) is 12.6. The van der Waals surface area contributed by atoms with Crippen molar-refractivity contribution >= 4 is 17.8 Å². The Bertz CT molecular complexity index is 1260. The summed E-state index contributed by atoms with van der Waals surface area (Å²) in [6.07, 6.45) is 9.95. The van der Waals surface area contributed by atoms with Crippen LogP contribution in [0.2, 0.25) is 0 Å². The largest absolute Gasteiger partial charge is 0.503 e. The maximum atomic E-state index is 13.4. The van der Waals surface area contributed by atoms with Crippen molar-refractivity contribution in [2.24, 2.45) is 5.92 Å². The minimum absolute atomic E-state index is 0.0825. The lowest BCUT2D eigenvalue weighted by Crippen LogP contribution is -2.32. The molecule has 4 rings (SSSR count). The molecule has 3 aromatic rings. The Kier molecular flexibility index (Phi) is 8.56. The third kappa shape index (κ3) is 6.55. The molecule has 0 bridgehead atoms. The molecular weight excluding hydrogens is 466 g/mol. The lowest BCUT2D eigenvalue weighted by atomic mass is 9.95. The summed E-state index contributed by atoms with van der Waals surface area (Å²) in [7, 11) is 0. The van der Waals surface area contributed by atoms with Gasteiger partial charge in [-0.2, -0.15) is 0 Å². The predicted octanol–water partition coefficient (Wildman–Crippen LogP) is 5.38. The molecule has 1 aromatic heterocycles. The molecule has 1 atom stereocenters. The van der Waals surface area contributed by atoms with Gasteiger partial charge in [0.2, 0.25) is 0 Å². The fourth-order valence-electron chi connectivity index (χ4n) is 4.34. The standard InChI is InChI=1S/C30H33N3O4/c1-22(2)14-19-37-25-11-6-10-24(20-25)28-27(26(34)13-12-23-8-4-3-5-9-23)29(35)30(36)33(28)17-7-16-32-18-15-31-21-32/h3-6,8-13,15,18,20-22,28,35H,7,14,16-17,19H2,1-2H3. The number of hydrogen-bond donors (Lipinski definition) is 1. The second kappa shape index (κ2) is 12.2. The number of amides is 1. The molecule has 1 amide bonds. The summed E-state index contributed by atoms with van der Waals surface area (Å²) in [6, 6.07) is 16.2. The third-order valence-electron chi connectivity index (χ3n) is 6.31. The van der Waals surface area contributed by atoms with Gasteiger partial charge in [-0.25, -0.2) is 4.98 Å². The Morgan fingerprint density at radius 1 is 1.14 bits per heavy atom. The van der Waals surface area contributed by atoms with Crippen molar-refractivity contribution in [2.45, 2.75) is 39.3 Å². The number of carbonyl (C=O) groups is 2. The van der Waals surface area contributed by atoms with E-state index in [9.17, 15) is 14.7 Å². The van der Waals surface area contributed by atoms with Gasteiger partial charge >= 0.3 is 0 Å².